The third-order valence-electron chi connectivity index (χ3n) is 3.79. The first kappa shape index (κ1) is 14.1. The van der Waals surface area contributed by atoms with Gasteiger partial charge in [0.25, 0.3) is 0 Å². The summed E-state index contributed by atoms with van der Waals surface area (Å²) in [5.41, 5.74) is 1.57. The van der Waals surface area contributed by atoms with Gasteiger partial charge < -0.3 is 9.52 Å². The zero-order valence-corrected chi connectivity index (χ0v) is 12.9. The van der Waals surface area contributed by atoms with Crippen molar-refractivity contribution in [2.24, 2.45) is 4.99 Å². The van der Waals surface area contributed by atoms with E-state index in [4.69, 9.17) is 4.42 Å². The summed E-state index contributed by atoms with van der Waals surface area (Å²) in [7, 11) is 0. The zero-order chi connectivity index (χ0) is 15.8. The Morgan fingerprint density at radius 2 is 1.96 bits per heavy atom. The van der Waals surface area contributed by atoms with E-state index >= 15 is 0 Å². The van der Waals surface area contributed by atoms with E-state index in [1.807, 2.05) is 30.3 Å². The van der Waals surface area contributed by atoms with Crippen LogP contribution < -0.4 is 5.63 Å². The Balaban J connectivity index is 1.76. The van der Waals surface area contributed by atoms with Gasteiger partial charge in [-0.2, -0.15) is 0 Å². The van der Waals surface area contributed by atoms with Crippen LogP contribution in [0.2, 0.25) is 0 Å². The summed E-state index contributed by atoms with van der Waals surface area (Å²) < 4.78 is 5.32. The van der Waals surface area contributed by atoms with Crippen molar-refractivity contribution in [1.29, 1.82) is 0 Å². The number of fused-ring (bicyclic) bond motifs is 1. The molecule has 114 valence electrons. The van der Waals surface area contributed by atoms with Gasteiger partial charge in [0.05, 0.1) is 11.6 Å². The SMILES string of the molecule is O=c1oc2cc(O)ccc2cc1C1=NC(c2ccccc2)CS1. The van der Waals surface area contributed by atoms with Crippen LogP contribution in [0.5, 0.6) is 5.75 Å². The van der Waals surface area contributed by atoms with E-state index in [0.29, 0.717) is 16.2 Å². The molecule has 1 unspecified atom stereocenters. The number of aliphatic imine (C=N–C) groups is 1. The Morgan fingerprint density at radius 1 is 1.13 bits per heavy atom. The minimum absolute atomic E-state index is 0.0612. The van der Waals surface area contributed by atoms with Crippen LogP contribution in [0.1, 0.15) is 17.2 Å². The quantitative estimate of drug-likeness (QED) is 0.730. The largest absolute Gasteiger partial charge is 0.508 e. The lowest BCUT2D eigenvalue weighted by atomic mass is 10.1. The van der Waals surface area contributed by atoms with Gasteiger partial charge in [-0.1, -0.05) is 30.3 Å². The van der Waals surface area contributed by atoms with Gasteiger partial charge in [-0.25, -0.2) is 4.79 Å². The third kappa shape index (κ3) is 2.64. The van der Waals surface area contributed by atoms with Gasteiger partial charge in [0.15, 0.2) is 0 Å². The normalized spacial score (nSPS) is 17.4. The fraction of sp³-hybridized carbons (Fsp3) is 0.111. The van der Waals surface area contributed by atoms with Crippen molar-refractivity contribution in [3.05, 3.63) is 76.1 Å². The smallest absolute Gasteiger partial charge is 0.346 e. The van der Waals surface area contributed by atoms with Crippen LogP contribution >= 0.6 is 11.8 Å². The van der Waals surface area contributed by atoms with E-state index in [2.05, 4.69) is 4.99 Å². The molecule has 4 nitrogen and oxygen atoms in total. The summed E-state index contributed by atoms with van der Waals surface area (Å²) in [6.45, 7) is 0. The highest BCUT2D eigenvalue weighted by Gasteiger charge is 2.23. The number of phenolic OH excluding ortho intramolecular Hbond substituents is 1. The maximum absolute atomic E-state index is 12.2. The Morgan fingerprint density at radius 3 is 2.78 bits per heavy atom. The Bertz CT molecular complexity index is 963. The minimum atomic E-state index is -0.428. The monoisotopic (exact) mass is 323 g/mol. The first-order chi connectivity index (χ1) is 11.2. The van der Waals surface area contributed by atoms with E-state index in [1.54, 1.807) is 30.0 Å². The minimum Gasteiger partial charge on any atom is -0.508 e. The van der Waals surface area contributed by atoms with Crippen molar-refractivity contribution < 1.29 is 9.52 Å². The maximum Gasteiger partial charge on any atom is 0.346 e. The van der Waals surface area contributed by atoms with E-state index in [9.17, 15) is 9.90 Å². The number of hydrogen-bond acceptors (Lipinski definition) is 5. The third-order valence-corrected chi connectivity index (χ3v) is 4.87. The number of thioether (sulfide) groups is 1. The van der Waals surface area contributed by atoms with Crippen LogP contribution in [-0.4, -0.2) is 15.9 Å². The van der Waals surface area contributed by atoms with Crippen molar-refractivity contribution in [3.63, 3.8) is 0 Å². The summed E-state index contributed by atoms with van der Waals surface area (Å²) in [6.07, 6.45) is 0. The van der Waals surface area contributed by atoms with Crippen molar-refractivity contribution in [3.8, 4) is 5.75 Å². The van der Waals surface area contributed by atoms with Crippen molar-refractivity contribution >= 4 is 27.8 Å². The molecule has 2 heterocycles. The molecule has 1 aliphatic rings. The molecule has 4 rings (SSSR count). The summed E-state index contributed by atoms with van der Waals surface area (Å²) in [4.78, 5) is 16.9. The fourth-order valence-electron chi connectivity index (χ4n) is 2.62. The van der Waals surface area contributed by atoms with Gasteiger partial charge in [-0.3, -0.25) is 4.99 Å². The van der Waals surface area contributed by atoms with Gasteiger partial charge in [0, 0.05) is 17.2 Å². The molecule has 0 saturated carbocycles. The molecule has 0 aliphatic carbocycles. The molecule has 1 atom stereocenters. The lowest BCUT2D eigenvalue weighted by Gasteiger charge is -2.04. The summed E-state index contributed by atoms with van der Waals surface area (Å²) in [5, 5.41) is 11.0. The van der Waals surface area contributed by atoms with E-state index in [0.717, 1.165) is 16.7 Å². The average Bonchev–Trinajstić information content (AvgIpc) is 3.05. The Kier molecular flexibility index (Phi) is 3.42. The number of rotatable bonds is 2. The highest BCUT2D eigenvalue weighted by Crippen LogP contribution is 2.32. The van der Waals surface area contributed by atoms with Crippen molar-refractivity contribution in [2.75, 3.05) is 5.75 Å². The molecule has 0 bridgehead atoms. The molecule has 3 aromatic rings. The highest BCUT2D eigenvalue weighted by atomic mass is 32.2. The Labute approximate surface area is 136 Å². The number of nitrogens with zero attached hydrogens (tertiary/aromatic N) is 1. The van der Waals surface area contributed by atoms with E-state index in [-0.39, 0.29) is 11.8 Å². The molecule has 0 amide bonds. The number of phenols is 1. The van der Waals surface area contributed by atoms with E-state index in [1.165, 1.54) is 6.07 Å². The molecule has 0 spiro atoms. The standard InChI is InChI=1S/C18H13NO3S/c20-13-7-6-12-8-14(18(21)22-16(12)9-13)17-19-15(10-23-17)11-4-2-1-3-5-11/h1-9,15,20H,10H2. The molecule has 5 heteroatoms. The second kappa shape index (κ2) is 5.59. The molecule has 1 N–H and O–H groups in total. The van der Waals surface area contributed by atoms with Crippen LogP contribution in [0.4, 0.5) is 0 Å². The van der Waals surface area contributed by atoms with Crippen LogP contribution in [0.25, 0.3) is 11.0 Å². The van der Waals surface area contributed by atoms with Gasteiger partial charge in [0.2, 0.25) is 0 Å². The molecule has 2 aromatic carbocycles. The molecular weight excluding hydrogens is 310 g/mol. The lowest BCUT2D eigenvalue weighted by molar-refractivity contribution is 0.473. The van der Waals surface area contributed by atoms with Gasteiger partial charge >= 0.3 is 5.63 Å². The molecule has 0 fully saturated rings. The first-order valence-corrected chi connectivity index (χ1v) is 8.22. The molecule has 0 saturated heterocycles. The molecule has 23 heavy (non-hydrogen) atoms. The molecule has 0 radical (unpaired) electrons. The van der Waals surface area contributed by atoms with Gasteiger partial charge in [-0.05, 0) is 23.8 Å². The van der Waals surface area contributed by atoms with Crippen molar-refractivity contribution in [1.82, 2.24) is 0 Å². The number of aromatic hydroxyl groups is 1. The average molecular weight is 323 g/mol. The second-order valence-electron chi connectivity index (χ2n) is 5.34. The number of hydrogen-bond donors (Lipinski definition) is 1. The predicted octanol–water partition coefficient (Wildman–Crippen LogP) is 3.73. The lowest BCUT2D eigenvalue weighted by Crippen LogP contribution is -2.10. The van der Waals surface area contributed by atoms with Crippen LogP contribution in [0.3, 0.4) is 0 Å². The summed E-state index contributed by atoms with van der Waals surface area (Å²) in [5.74, 6) is 0.886. The molecule has 1 aliphatic heterocycles. The molecular formula is C18H13NO3S. The number of benzene rings is 2. The Hall–Kier alpha value is -2.53. The van der Waals surface area contributed by atoms with Crippen LogP contribution in [0, 0.1) is 0 Å². The fourth-order valence-corrected chi connectivity index (χ4v) is 3.70. The molecule has 1 aromatic heterocycles. The van der Waals surface area contributed by atoms with E-state index < -0.39 is 5.63 Å². The summed E-state index contributed by atoms with van der Waals surface area (Å²) in [6, 6.07) is 16.6. The van der Waals surface area contributed by atoms with Gasteiger partial charge in [-0.15, -0.1) is 11.8 Å². The maximum atomic E-state index is 12.2. The van der Waals surface area contributed by atoms with Crippen LogP contribution in [0.15, 0.2) is 68.8 Å². The predicted molar refractivity (Wildman–Crippen MR) is 92.3 cm³/mol. The second-order valence-corrected chi connectivity index (χ2v) is 6.35. The van der Waals surface area contributed by atoms with Crippen molar-refractivity contribution in [2.45, 2.75) is 6.04 Å². The topological polar surface area (TPSA) is 62.8 Å². The highest BCUT2D eigenvalue weighted by molar-refractivity contribution is 8.14. The first-order valence-electron chi connectivity index (χ1n) is 7.23. The van der Waals surface area contributed by atoms with Crippen LogP contribution in [-0.2, 0) is 0 Å². The summed E-state index contributed by atoms with van der Waals surface area (Å²) >= 11 is 1.56. The van der Waals surface area contributed by atoms with Gasteiger partial charge in [0.1, 0.15) is 16.4 Å². The zero-order valence-electron chi connectivity index (χ0n) is 12.1.